The summed E-state index contributed by atoms with van der Waals surface area (Å²) < 4.78 is 17.5. The summed E-state index contributed by atoms with van der Waals surface area (Å²) in [5.74, 6) is 3.26. The van der Waals surface area contributed by atoms with Gasteiger partial charge in [-0.05, 0) is 49.5 Å². The van der Waals surface area contributed by atoms with Crippen molar-refractivity contribution in [3.63, 3.8) is 0 Å². The molecule has 31 heavy (non-hydrogen) atoms. The van der Waals surface area contributed by atoms with Gasteiger partial charge in [-0.2, -0.15) is 0 Å². The van der Waals surface area contributed by atoms with Gasteiger partial charge >= 0.3 is 0 Å². The maximum atomic E-state index is 6.51. The van der Waals surface area contributed by atoms with Gasteiger partial charge in [-0.15, -0.1) is 0 Å². The number of likely N-dealkylation sites (N-methyl/N-ethyl adjacent to an activating group) is 1. The standard InChI is InChI=1S/C26H27NO3.ClH/c1-27(2)17-21-25(18-10-6-5-7-11-18)20-12-8-9-13-22(20)30-26(21)19-14-15-23(28-3)24(16-19)29-4;/h5-16,25H,17H2,1-4H3;1H/p-1. The number of methoxy groups -OCH3 is 2. The number of fused-ring (bicyclic) bond motifs is 1. The first-order valence-corrected chi connectivity index (χ1v) is 10.0. The van der Waals surface area contributed by atoms with E-state index in [1.165, 1.54) is 16.7 Å². The van der Waals surface area contributed by atoms with Crippen LogP contribution in [0, 0.1) is 0 Å². The van der Waals surface area contributed by atoms with Gasteiger partial charge in [0.25, 0.3) is 0 Å². The molecule has 162 valence electrons. The average molecular weight is 437 g/mol. The Morgan fingerprint density at radius 3 is 2.19 bits per heavy atom. The van der Waals surface area contributed by atoms with Crippen LogP contribution in [0.3, 0.4) is 0 Å². The number of ether oxygens (including phenoxy) is 3. The summed E-state index contributed by atoms with van der Waals surface area (Å²) >= 11 is 0. The monoisotopic (exact) mass is 436 g/mol. The third-order valence-electron chi connectivity index (χ3n) is 5.35. The summed E-state index contributed by atoms with van der Waals surface area (Å²) in [6.07, 6.45) is 0. The van der Waals surface area contributed by atoms with Gasteiger partial charge in [-0.1, -0.05) is 48.5 Å². The van der Waals surface area contributed by atoms with Gasteiger partial charge in [-0.3, -0.25) is 0 Å². The summed E-state index contributed by atoms with van der Waals surface area (Å²) in [7, 11) is 7.47. The molecule has 0 bridgehead atoms. The Morgan fingerprint density at radius 2 is 1.52 bits per heavy atom. The van der Waals surface area contributed by atoms with Crippen LogP contribution in [0.5, 0.6) is 17.2 Å². The van der Waals surface area contributed by atoms with Crippen LogP contribution in [-0.2, 0) is 0 Å². The molecular formula is C26H27ClNO3-. The van der Waals surface area contributed by atoms with Crippen molar-refractivity contribution in [1.29, 1.82) is 0 Å². The van der Waals surface area contributed by atoms with Crippen LogP contribution in [0.4, 0.5) is 0 Å². The van der Waals surface area contributed by atoms with Gasteiger partial charge in [0.15, 0.2) is 11.5 Å². The van der Waals surface area contributed by atoms with Gasteiger partial charge in [0.05, 0.1) is 14.2 Å². The quantitative estimate of drug-likeness (QED) is 0.593. The Bertz CT molecular complexity index is 1060. The van der Waals surface area contributed by atoms with Crippen LogP contribution in [0.2, 0.25) is 0 Å². The molecule has 3 aromatic carbocycles. The van der Waals surface area contributed by atoms with Crippen molar-refractivity contribution in [1.82, 2.24) is 4.90 Å². The molecule has 0 saturated heterocycles. The van der Waals surface area contributed by atoms with Crippen molar-refractivity contribution in [2.24, 2.45) is 0 Å². The van der Waals surface area contributed by atoms with Crippen LogP contribution in [-0.4, -0.2) is 39.8 Å². The molecule has 1 aliphatic rings. The molecule has 0 amide bonds. The fourth-order valence-corrected chi connectivity index (χ4v) is 4.06. The van der Waals surface area contributed by atoms with Crippen molar-refractivity contribution < 1.29 is 26.6 Å². The molecule has 1 atom stereocenters. The Balaban J connectivity index is 0.00000272. The lowest BCUT2D eigenvalue weighted by Gasteiger charge is -2.33. The molecule has 4 nitrogen and oxygen atoms in total. The van der Waals surface area contributed by atoms with E-state index >= 15 is 0 Å². The van der Waals surface area contributed by atoms with Gasteiger partial charge in [-0.25, -0.2) is 0 Å². The van der Waals surface area contributed by atoms with Crippen LogP contribution in [0.1, 0.15) is 22.6 Å². The highest BCUT2D eigenvalue weighted by Crippen LogP contribution is 2.46. The molecule has 3 aromatic rings. The molecule has 0 fully saturated rings. The van der Waals surface area contributed by atoms with E-state index < -0.39 is 0 Å². The van der Waals surface area contributed by atoms with Crippen LogP contribution < -0.4 is 26.6 Å². The Morgan fingerprint density at radius 1 is 0.839 bits per heavy atom. The van der Waals surface area contributed by atoms with E-state index in [-0.39, 0.29) is 18.3 Å². The fraction of sp³-hybridized carbons (Fsp3) is 0.231. The molecule has 0 saturated carbocycles. The third-order valence-corrected chi connectivity index (χ3v) is 5.35. The molecule has 0 spiro atoms. The van der Waals surface area contributed by atoms with Crippen LogP contribution in [0.25, 0.3) is 5.76 Å². The summed E-state index contributed by atoms with van der Waals surface area (Å²) in [6.45, 7) is 0.775. The molecule has 0 N–H and O–H groups in total. The summed E-state index contributed by atoms with van der Waals surface area (Å²) in [5.41, 5.74) is 4.63. The van der Waals surface area contributed by atoms with Crippen LogP contribution >= 0.6 is 0 Å². The maximum Gasteiger partial charge on any atom is 0.161 e. The summed E-state index contributed by atoms with van der Waals surface area (Å²) in [6, 6.07) is 24.9. The largest absolute Gasteiger partial charge is 1.00 e. The van der Waals surface area contributed by atoms with Gasteiger partial charge in [0, 0.05) is 23.6 Å². The van der Waals surface area contributed by atoms with Gasteiger partial charge < -0.3 is 31.5 Å². The van der Waals surface area contributed by atoms with E-state index in [2.05, 4.69) is 61.5 Å². The van der Waals surface area contributed by atoms with Crippen molar-refractivity contribution in [3.8, 4) is 17.2 Å². The topological polar surface area (TPSA) is 30.9 Å². The van der Waals surface area contributed by atoms with Crippen molar-refractivity contribution in [3.05, 3.63) is 95.1 Å². The number of nitrogens with zero attached hydrogens (tertiary/aromatic N) is 1. The molecular weight excluding hydrogens is 410 g/mol. The van der Waals surface area contributed by atoms with E-state index in [1.54, 1.807) is 14.2 Å². The molecule has 4 rings (SSSR count). The molecule has 5 heteroatoms. The minimum Gasteiger partial charge on any atom is -1.00 e. The second-order valence-corrected chi connectivity index (χ2v) is 7.65. The molecule has 0 radical (unpaired) electrons. The zero-order chi connectivity index (χ0) is 21.1. The second kappa shape index (κ2) is 9.90. The lowest BCUT2D eigenvalue weighted by Crippen LogP contribution is -3.00. The Hall–Kier alpha value is -2.95. The van der Waals surface area contributed by atoms with Gasteiger partial charge in [0.2, 0.25) is 0 Å². The predicted molar refractivity (Wildman–Crippen MR) is 120 cm³/mol. The van der Waals surface area contributed by atoms with Gasteiger partial charge in [0.1, 0.15) is 11.5 Å². The smallest absolute Gasteiger partial charge is 0.161 e. The normalized spacial score (nSPS) is 15.1. The van der Waals surface area contributed by atoms with E-state index in [0.29, 0.717) is 11.5 Å². The zero-order valence-corrected chi connectivity index (χ0v) is 19.0. The number of benzene rings is 3. The average Bonchev–Trinajstić information content (AvgIpc) is 2.78. The first-order valence-electron chi connectivity index (χ1n) is 10.0. The van der Waals surface area contributed by atoms with Crippen LogP contribution in [0.15, 0.2) is 78.4 Å². The Kier molecular flexibility index (Phi) is 7.26. The van der Waals surface area contributed by atoms with E-state index in [9.17, 15) is 0 Å². The predicted octanol–water partition coefficient (Wildman–Crippen LogP) is 2.20. The molecule has 1 unspecified atom stereocenters. The minimum absolute atomic E-state index is 0. The highest BCUT2D eigenvalue weighted by molar-refractivity contribution is 5.74. The lowest BCUT2D eigenvalue weighted by molar-refractivity contribution is -0.00000700. The Labute approximate surface area is 190 Å². The van der Waals surface area contributed by atoms with E-state index in [0.717, 1.165) is 23.6 Å². The van der Waals surface area contributed by atoms with E-state index in [1.807, 2.05) is 30.3 Å². The van der Waals surface area contributed by atoms with Crippen molar-refractivity contribution in [2.45, 2.75) is 5.92 Å². The number of rotatable bonds is 6. The number of halogens is 1. The fourth-order valence-electron chi connectivity index (χ4n) is 4.06. The first kappa shape index (κ1) is 22.7. The number of hydrogen-bond donors (Lipinski definition) is 0. The summed E-state index contributed by atoms with van der Waals surface area (Å²) in [4.78, 5) is 2.18. The second-order valence-electron chi connectivity index (χ2n) is 7.65. The highest BCUT2D eigenvalue weighted by atomic mass is 35.5. The van der Waals surface area contributed by atoms with Crippen molar-refractivity contribution >= 4 is 5.76 Å². The molecule has 1 heterocycles. The minimum atomic E-state index is 0. The third kappa shape index (κ3) is 4.55. The van der Waals surface area contributed by atoms with Crippen molar-refractivity contribution in [2.75, 3.05) is 34.9 Å². The number of para-hydroxylation sites is 1. The maximum absolute atomic E-state index is 6.51. The highest BCUT2D eigenvalue weighted by Gasteiger charge is 2.32. The SMILES string of the molecule is COc1ccc(C2=C(CN(C)C)C(c3ccccc3)c3ccccc3O2)cc1OC.[Cl-]. The molecule has 0 aromatic heterocycles. The number of hydrogen-bond acceptors (Lipinski definition) is 4. The zero-order valence-electron chi connectivity index (χ0n) is 18.3. The first-order chi connectivity index (χ1) is 14.6. The summed E-state index contributed by atoms with van der Waals surface area (Å²) in [5, 5.41) is 0. The lowest BCUT2D eigenvalue weighted by atomic mass is 9.81. The molecule has 0 aliphatic carbocycles. The molecule has 1 aliphatic heterocycles. The van der Waals surface area contributed by atoms with E-state index in [4.69, 9.17) is 14.2 Å².